The van der Waals surface area contributed by atoms with Crippen LogP contribution in [0.2, 0.25) is 0 Å². The number of nitrogens with one attached hydrogen (secondary N) is 1. The van der Waals surface area contributed by atoms with Gasteiger partial charge in [-0.1, -0.05) is 16.9 Å². The number of nitrogens with zero attached hydrogens (tertiary/aromatic N) is 4. The molecule has 1 N–H and O–H groups in total. The van der Waals surface area contributed by atoms with Gasteiger partial charge in [-0.2, -0.15) is 0 Å². The highest BCUT2D eigenvalue weighted by molar-refractivity contribution is 7.99. The number of benzene rings is 1. The van der Waals surface area contributed by atoms with Crippen molar-refractivity contribution in [1.29, 1.82) is 0 Å². The molecule has 1 aliphatic heterocycles. The van der Waals surface area contributed by atoms with Crippen LogP contribution < -0.4 is 10.9 Å². The van der Waals surface area contributed by atoms with Gasteiger partial charge in [-0.25, -0.2) is 9.78 Å². The summed E-state index contributed by atoms with van der Waals surface area (Å²) in [5, 5.41) is 7.19. The Kier molecular flexibility index (Phi) is 7.60. The van der Waals surface area contributed by atoms with Gasteiger partial charge in [0.25, 0.3) is 5.56 Å². The predicted octanol–water partition coefficient (Wildman–Crippen LogP) is 1.54. The molecule has 2 aromatic heterocycles. The van der Waals surface area contributed by atoms with Gasteiger partial charge in [-0.3, -0.25) is 19.1 Å². The molecule has 12 heteroatoms. The van der Waals surface area contributed by atoms with Crippen molar-refractivity contribution in [3.05, 3.63) is 45.9 Å². The Morgan fingerprint density at radius 2 is 2.00 bits per heavy atom. The second-order valence-electron chi connectivity index (χ2n) is 7.69. The Morgan fingerprint density at radius 3 is 2.71 bits per heavy atom. The molecule has 4 rings (SSSR count). The second-order valence-corrected chi connectivity index (χ2v) is 8.63. The topological polar surface area (TPSA) is 129 Å². The number of rotatable bonds is 8. The average Bonchev–Trinajstić information content (AvgIpc) is 3.26. The van der Waals surface area contributed by atoms with E-state index in [0.29, 0.717) is 59.5 Å². The maximum atomic E-state index is 13.3. The molecule has 180 valence electrons. The Labute approximate surface area is 199 Å². The smallest absolute Gasteiger partial charge is 0.337 e. The predicted molar refractivity (Wildman–Crippen MR) is 125 cm³/mol. The van der Waals surface area contributed by atoms with Crippen molar-refractivity contribution in [2.45, 2.75) is 18.6 Å². The molecule has 11 nitrogen and oxygen atoms in total. The van der Waals surface area contributed by atoms with E-state index < -0.39 is 5.97 Å². The minimum Gasteiger partial charge on any atom is -0.465 e. The number of fused-ring (bicyclic) bond motifs is 1. The molecule has 34 heavy (non-hydrogen) atoms. The fourth-order valence-electron chi connectivity index (χ4n) is 3.55. The lowest BCUT2D eigenvalue weighted by Gasteiger charge is -2.27. The van der Waals surface area contributed by atoms with Crippen molar-refractivity contribution >= 4 is 40.4 Å². The van der Waals surface area contributed by atoms with Crippen LogP contribution in [0, 0.1) is 6.92 Å². The van der Waals surface area contributed by atoms with E-state index >= 15 is 0 Å². The van der Waals surface area contributed by atoms with Crippen LogP contribution in [0.1, 0.15) is 16.1 Å². The first-order chi connectivity index (χ1) is 16.4. The minimum absolute atomic E-state index is 0.0120. The third kappa shape index (κ3) is 5.64. The molecule has 3 heterocycles. The maximum absolute atomic E-state index is 13.3. The number of thioether (sulfide) groups is 1. The van der Waals surface area contributed by atoms with Crippen LogP contribution in [0.5, 0.6) is 0 Å². The van der Waals surface area contributed by atoms with E-state index in [4.69, 9.17) is 14.0 Å². The van der Waals surface area contributed by atoms with E-state index in [2.05, 4.69) is 20.4 Å². The number of ether oxygens (including phenoxy) is 2. The summed E-state index contributed by atoms with van der Waals surface area (Å²) in [6, 6.07) is 6.26. The zero-order valence-electron chi connectivity index (χ0n) is 18.9. The number of carbonyl (C=O) groups excluding carboxylic acids is 2. The minimum atomic E-state index is -0.517. The molecule has 1 fully saturated rings. The molecule has 1 aliphatic rings. The summed E-state index contributed by atoms with van der Waals surface area (Å²) in [4.78, 5) is 44.5. The molecule has 1 aromatic carbocycles. The number of hydrogen-bond donors (Lipinski definition) is 1. The van der Waals surface area contributed by atoms with E-state index in [9.17, 15) is 14.4 Å². The van der Waals surface area contributed by atoms with Gasteiger partial charge in [0.2, 0.25) is 5.91 Å². The molecule has 0 unspecified atom stereocenters. The molecule has 0 atom stereocenters. The van der Waals surface area contributed by atoms with Gasteiger partial charge < -0.3 is 19.3 Å². The van der Waals surface area contributed by atoms with Crippen molar-refractivity contribution in [2.24, 2.45) is 0 Å². The summed E-state index contributed by atoms with van der Waals surface area (Å²) in [5.74, 6) is 0.0878. The summed E-state index contributed by atoms with van der Waals surface area (Å²) in [6.07, 6.45) is 0. The Morgan fingerprint density at radius 1 is 1.21 bits per heavy atom. The normalized spacial score (nSPS) is 14.3. The van der Waals surface area contributed by atoms with Crippen molar-refractivity contribution in [3.63, 3.8) is 0 Å². The summed E-state index contributed by atoms with van der Waals surface area (Å²) >= 11 is 1.14. The van der Waals surface area contributed by atoms with Crippen LogP contribution in [0.15, 0.2) is 38.7 Å². The van der Waals surface area contributed by atoms with E-state index in [1.807, 2.05) is 0 Å². The van der Waals surface area contributed by atoms with Gasteiger partial charge in [0.1, 0.15) is 5.76 Å². The summed E-state index contributed by atoms with van der Waals surface area (Å²) in [5.41, 5.74) is 0.429. The van der Waals surface area contributed by atoms with Crippen LogP contribution in [0.3, 0.4) is 0 Å². The van der Waals surface area contributed by atoms with Crippen molar-refractivity contribution in [1.82, 2.24) is 19.6 Å². The average molecular weight is 488 g/mol. The molecular weight excluding hydrogens is 462 g/mol. The fraction of sp³-hybridized carbons (Fsp3) is 0.409. The van der Waals surface area contributed by atoms with Gasteiger partial charge >= 0.3 is 5.97 Å². The maximum Gasteiger partial charge on any atom is 0.337 e. The largest absolute Gasteiger partial charge is 0.465 e. The lowest BCUT2D eigenvalue weighted by molar-refractivity contribution is -0.113. The van der Waals surface area contributed by atoms with E-state index in [0.717, 1.165) is 24.9 Å². The first-order valence-corrected chi connectivity index (χ1v) is 11.7. The lowest BCUT2D eigenvalue weighted by atomic mass is 10.1. The molecule has 1 amide bonds. The third-order valence-corrected chi connectivity index (χ3v) is 6.29. The van der Waals surface area contributed by atoms with E-state index in [1.165, 1.54) is 13.2 Å². The number of anilines is 1. The van der Waals surface area contributed by atoms with Gasteiger partial charge in [-0.15, -0.1) is 0 Å². The third-order valence-electron chi connectivity index (χ3n) is 5.31. The molecule has 0 saturated carbocycles. The molecular formula is C22H25N5O6S. The van der Waals surface area contributed by atoms with E-state index in [1.54, 1.807) is 29.7 Å². The number of morpholine rings is 1. The highest BCUT2D eigenvalue weighted by atomic mass is 32.2. The zero-order valence-corrected chi connectivity index (χ0v) is 19.7. The number of carbonyl (C=O) groups is 2. The zero-order chi connectivity index (χ0) is 24.1. The van der Waals surface area contributed by atoms with Crippen molar-refractivity contribution in [2.75, 3.05) is 51.0 Å². The number of methoxy groups -OCH3 is 1. The summed E-state index contributed by atoms with van der Waals surface area (Å²) < 4.78 is 16.7. The first kappa shape index (κ1) is 23.9. The van der Waals surface area contributed by atoms with Crippen LogP contribution in [-0.4, -0.2) is 77.2 Å². The van der Waals surface area contributed by atoms with Crippen LogP contribution in [0.4, 0.5) is 5.82 Å². The molecule has 0 bridgehead atoms. The standard InChI is InChI=1S/C22H25N5O6S/c1-14-11-18(25-33-14)24-19(28)13-34-22-23-17-12-15(21(30)31-2)3-4-16(17)20(29)27(22)6-5-26-7-9-32-10-8-26/h3-4,11-12H,5-10,13H2,1-2H3,(H,24,25,28). The number of aromatic nitrogens is 3. The SMILES string of the molecule is COC(=O)c1ccc2c(=O)n(CCN3CCOCC3)c(SCC(=O)Nc3cc(C)on3)nc2c1. The monoisotopic (exact) mass is 487 g/mol. The van der Waals surface area contributed by atoms with Crippen molar-refractivity contribution < 1.29 is 23.6 Å². The van der Waals surface area contributed by atoms with Crippen LogP contribution in [-0.2, 0) is 20.8 Å². The number of esters is 1. The van der Waals surface area contributed by atoms with Gasteiger partial charge in [0.05, 0.1) is 42.5 Å². The molecule has 0 aliphatic carbocycles. The van der Waals surface area contributed by atoms with Gasteiger partial charge in [0, 0.05) is 32.2 Å². The number of amides is 1. The number of aryl methyl sites for hydroxylation is 1. The molecule has 0 spiro atoms. The molecule has 3 aromatic rings. The fourth-order valence-corrected chi connectivity index (χ4v) is 4.38. The van der Waals surface area contributed by atoms with Crippen LogP contribution >= 0.6 is 11.8 Å². The Balaban J connectivity index is 1.60. The molecule has 1 saturated heterocycles. The second kappa shape index (κ2) is 10.8. The highest BCUT2D eigenvalue weighted by Gasteiger charge is 2.18. The Hall–Kier alpha value is -3.22. The molecule has 0 radical (unpaired) electrons. The quantitative estimate of drug-likeness (QED) is 0.284. The van der Waals surface area contributed by atoms with Gasteiger partial charge in [0.15, 0.2) is 11.0 Å². The number of hydrogen-bond acceptors (Lipinski definition) is 10. The van der Waals surface area contributed by atoms with Crippen LogP contribution in [0.25, 0.3) is 10.9 Å². The van der Waals surface area contributed by atoms with Crippen molar-refractivity contribution in [3.8, 4) is 0 Å². The lowest BCUT2D eigenvalue weighted by Crippen LogP contribution is -2.39. The summed E-state index contributed by atoms with van der Waals surface area (Å²) in [6.45, 7) is 5.68. The highest BCUT2D eigenvalue weighted by Crippen LogP contribution is 2.20. The summed E-state index contributed by atoms with van der Waals surface area (Å²) in [7, 11) is 1.29. The van der Waals surface area contributed by atoms with E-state index in [-0.39, 0.29) is 17.2 Å². The van der Waals surface area contributed by atoms with Gasteiger partial charge in [-0.05, 0) is 25.1 Å². The first-order valence-electron chi connectivity index (χ1n) is 10.7. The Bertz CT molecular complexity index is 1250.